The first kappa shape index (κ1) is 10.6. The predicted molar refractivity (Wildman–Crippen MR) is 60.9 cm³/mol. The van der Waals surface area contributed by atoms with Crippen molar-refractivity contribution >= 4 is 11.4 Å². The lowest BCUT2D eigenvalue weighted by Gasteiger charge is -2.20. The molecule has 0 radical (unpaired) electrons. The van der Waals surface area contributed by atoms with Gasteiger partial charge in [-0.15, -0.1) is 0 Å². The summed E-state index contributed by atoms with van der Waals surface area (Å²) < 4.78 is 5.03. The molecule has 4 nitrogen and oxygen atoms in total. The van der Waals surface area contributed by atoms with E-state index in [1.807, 2.05) is 0 Å². The van der Waals surface area contributed by atoms with Crippen LogP contribution in [0.5, 0.6) is 5.75 Å². The van der Waals surface area contributed by atoms with Crippen molar-refractivity contribution in [3.63, 3.8) is 0 Å². The molecule has 1 heterocycles. The zero-order chi connectivity index (χ0) is 11.4. The summed E-state index contributed by atoms with van der Waals surface area (Å²) in [5, 5.41) is 12.0. The predicted octanol–water partition coefficient (Wildman–Crippen LogP) is 1.44. The lowest BCUT2D eigenvalue weighted by molar-refractivity contribution is -0.698. The van der Waals surface area contributed by atoms with Crippen molar-refractivity contribution in [1.29, 1.82) is 0 Å². The van der Waals surface area contributed by atoms with Crippen LogP contribution in [-0.4, -0.2) is 12.1 Å². The van der Waals surface area contributed by atoms with Gasteiger partial charge in [0.25, 0.3) is 0 Å². The zero-order valence-electron chi connectivity index (χ0n) is 8.88. The Bertz CT molecular complexity index is 442. The minimum atomic E-state index is -0.00921. The molecule has 82 valence electrons. The second-order valence-corrected chi connectivity index (χ2v) is 3.29. The van der Waals surface area contributed by atoms with Crippen molar-refractivity contribution in [3.05, 3.63) is 54.0 Å². The Morgan fingerprint density at radius 2 is 1.56 bits per heavy atom. The van der Waals surface area contributed by atoms with E-state index in [2.05, 4.69) is 4.98 Å². The molecule has 0 saturated carbocycles. The lowest BCUT2D eigenvalue weighted by atomic mass is 10.3. The number of hydrogen-bond acceptors (Lipinski definition) is 3. The monoisotopic (exact) mass is 216 g/mol. The molecule has 16 heavy (non-hydrogen) atoms. The molecular formula is C12H12N2O2. The van der Waals surface area contributed by atoms with E-state index in [1.54, 1.807) is 55.9 Å². The van der Waals surface area contributed by atoms with Crippen molar-refractivity contribution in [2.75, 3.05) is 7.11 Å². The van der Waals surface area contributed by atoms with E-state index < -0.39 is 0 Å². The fraction of sp³-hybridized carbons (Fsp3) is 0.0833. The minimum Gasteiger partial charge on any atom is -0.623 e. The Labute approximate surface area is 93.7 Å². The molecule has 4 heteroatoms. The molecule has 0 spiro atoms. The number of quaternary nitrogens is 1. The molecule has 0 aliphatic carbocycles. The highest BCUT2D eigenvalue weighted by Gasteiger charge is 2.05. The first-order valence-electron chi connectivity index (χ1n) is 4.90. The summed E-state index contributed by atoms with van der Waals surface area (Å²) in [6, 6.07) is 10.4. The minimum absolute atomic E-state index is 0.00921. The smallest absolute Gasteiger partial charge is 0.139 e. The highest BCUT2D eigenvalue weighted by molar-refractivity contribution is 5.40. The third-order valence-electron chi connectivity index (χ3n) is 2.29. The first-order valence-corrected chi connectivity index (χ1v) is 4.90. The highest BCUT2D eigenvalue weighted by Crippen LogP contribution is 2.13. The largest absolute Gasteiger partial charge is 0.623 e. The van der Waals surface area contributed by atoms with E-state index in [1.165, 1.54) is 0 Å². The molecule has 1 aromatic heterocycles. The van der Waals surface area contributed by atoms with E-state index in [-0.39, 0.29) is 5.06 Å². The van der Waals surface area contributed by atoms with E-state index in [0.717, 1.165) is 5.75 Å². The third-order valence-corrected chi connectivity index (χ3v) is 2.29. The molecule has 1 N–H and O–H groups in total. The molecule has 1 unspecified atom stereocenters. The fourth-order valence-corrected chi connectivity index (χ4v) is 1.41. The molecule has 0 bridgehead atoms. The van der Waals surface area contributed by atoms with Crippen LogP contribution in [-0.2, 0) is 0 Å². The van der Waals surface area contributed by atoms with Gasteiger partial charge in [0.2, 0.25) is 0 Å². The number of ether oxygens (including phenoxy) is 1. The topological polar surface area (TPSA) is 49.6 Å². The molecule has 0 amide bonds. The Kier molecular flexibility index (Phi) is 3.14. The maximum atomic E-state index is 12.0. The Balaban J connectivity index is 2.24. The number of hydrogen-bond donors (Lipinski definition) is 1. The molecule has 0 aliphatic heterocycles. The number of aromatic nitrogens is 1. The van der Waals surface area contributed by atoms with E-state index in [4.69, 9.17) is 4.74 Å². The van der Waals surface area contributed by atoms with Crippen LogP contribution in [0.3, 0.4) is 0 Å². The molecular weight excluding hydrogens is 204 g/mol. The van der Waals surface area contributed by atoms with Crippen molar-refractivity contribution < 1.29 is 9.80 Å². The molecule has 0 aliphatic rings. The van der Waals surface area contributed by atoms with Gasteiger partial charge in [-0.2, -0.15) is 0 Å². The number of rotatable bonds is 3. The van der Waals surface area contributed by atoms with E-state index >= 15 is 0 Å². The van der Waals surface area contributed by atoms with Crippen LogP contribution in [0, 0.1) is 5.21 Å². The summed E-state index contributed by atoms with van der Waals surface area (Å²) in [6.07, 6.45) is 3.22. The summed E-state index contributed by atoms with van der Waals surface area (Å²) in [5.74, 6) is 0.742. The Hall–Kier alpha value is -1.91. The summed E-state index contributed by atoms with van der Waals surface area (Å²) in [7, 11) is 1.60. The van der Waals surface area contributed by atoms with Gasteiger partial charge >= 0.3 is 0 Å². The van der Waals surface area contributed by atoms with Gasteiger partial charge in [0.1, 0.15) is 17.1 Å². The first-order chi connectivity index (χ1) is 7.81. The quantitative estimate of drug-likeness (QED) is 0.790. The summed E-state index contributed by atoms with van der Waals surface area (Å²) in [4.78, 5) is 3.88. The van der Waals surface area contributed by atoms with Gasteiger partial charge in [-0.1, -0.05) is 0 Å². The molecule has 0 fully saturated rings. The van der Waals surface area contributed by atoms with Crippen LogP contribution >= 0.6 is 0 Å². The van der Waals surface area contributed by atoms with Crippen LogP contribution in [0.1, 0.15) is 0 Å². The van der Waals surface area contributed by atoms with Gasteiger partial charge in [-0.25, -0.2) is 0 Å². The number of pyridine rings is 1. The van der Waals surface area contributed by atoms with E-state index in [9.17, 15) is 5.21 Å². The number of benzene rings is 1. The van der Waals surface area contributed by atoms with Crippen molar-refractivity contribution in [2.45, 2.75) is 0 Å². The summed E-state index contributed by atoms with van der Waals surface area (Å²) in [5.41, 5.74) is 1.28. The lowest BCUT2D eigenvalue weighted by Crippen LogP contribution is -2.96. The standard InChI is InChI=1S/C12H12N2O2/c1-16-12-4-2-10(3-5-12)14(15)11-6-8-13-9-7-11/h2-9,14H,1H3. The van der Waals surface area contributed by atoms with Gasteiger partial charge in [0.05, 0.1) is 7.11 Å². The summed E-state index contributed by atoms with van der Waals surface area (Å²) in [6.45, 7) is 0. The van der Waals surface area contributed by atoms with Gasteiger partial charge in [-0.3, -0.25) is 4.98 Å². The van der Waals surface area contributed by atoms with Crippen LogP contribution in [0.25, 0.3) is 0 Å². The molecule has 1 atom stereocenters. The number of nitrogens with one attached hydrogen (secondary N) is 1. The Morgan fingerprint density at radius 1 is 1.00 bits per heavy atom. The summed E-state index contributed by atoms with van der Waals surface area (Å²) >= 11 is 0. The fourth-order valence-electron chi connectivity index (χ4n) is 1.41. The average molecular weight is 216 g/mol. The number of nitrogens with zero attached hydrogens (tertiary/aromatic N) is 1. The van der Waals surface area contributed by atoms with Crippen molar-refractivity contribution in [2.24, 2.45) is 0 Å². The molecule has 0 saturated heterocycles. The van der Waals surface area contributed by atoms with Gasteiger partial charge in [0, 0.05) is 36.7 Å². The van der Waals surface area contributed by atoms with Gasteiger partial charge in [0.15, 0.2) is 0 Å². The molecule has 1 aromatic carbocycles. The van der Waals surface area contributed by atoms with Crippen molar-refractivity contribution in [1.82, 2.24) is 4.98 Å². The van der Waals surface area contributed by atoms with Gasteiger partial charge in [-0.05, 0) is 12.1 Å². The maximum Gasteiger partial charge on any atom is 0.139 e. The molecule has 2 rings (SSSR count). The maximum absolute atomic E-state index is 12.0. The van der Waals surface area contributed by atoms with E-state index in [0.29, 0.717) is 11.4 Å². The van der Waals surface area contributed by atoms with Crippen LogP contribution in [0.4, 0.5) is 11.4 Å². The SMILES string of the molecule is COc1ccc([NH+]([O-])c2ccncc2)cc1. The average Bonchev–Trinajstić information content (AvgIpc) is 2.39. The normalized spacial score (nSPS) is 12.1. The number of methoxy groups -OCH3 is 1. The second kappa shape index (κ2) is 4.74. The third kappa shape index (κ3) is 2.18. The van der Waals surface area contributed by atoms with Crippen LogP contribution < -0.4 is 9.80 Å². The Morgan fingerprint density at radius 3 is 2.12 bits per heavy atom. The van der Waals surface area contributed by atoms with Crippen LogP contribution in [0.2, 0.25) is 0 Å². The molecule has 2 aromatic rings. The highest BCUT2D eigenvalue weighted by atomic mass is 16.5. The second-order valence-electron chi connectivity index (χ2n) is 3.29. The zero-order valence-corrected chi connectivity index (χ0v) is 8.88. The van der Waals surface area contributed by atoms with Gasteiger partial charge < -0.3 is 15.0 Å². The van der Waals surface area contributed by atoms with Crippen LogP contribution in [0.15, 0.2) is 48.8 Å². The van der Waals surface area contributed by atoms with Crippen molar-refractivity contribution in [3.8, 4) is 5.75 Å².